The predicted octanol–water partition coefficient (Wildman–Crippen LogP) is 6.00. The molecule has 0 bridgehead atoms. The van der Waals surface area contributed by atoms with E-state index in [0.29, 0.717) is 6.61 Å². The van der Waals surface area contributed by atoms with Crippen LogP contribution in [0.5, 0.6) is 0 Å². The van der Waals surface area contributed by atoms with Gasteiger partial charge in [0.05, 0.1) is 24.4 Å². The van der Waals surface area contributed by atoms with Crippen molar-refractivity contribution in [2.75, 3.05) is 11.5 Å². The van der Waals surface area contributed by atoms with Gasteiger partial charge < -0.3 is 14.9 Å². The van der Waals surface area contributed by atoms with Crippen molar-refractivity contribution in [2.45, 2.75) is 57.6 Å². The van der Waals surface area contributed by atoms with Crippen LogP contribution < -0.4 is 10.6 Å². The number of benzene rings is 2. The minimum atomic E-state index is -2.00. The molecule has 1 aliphatic heterocycles. The molecule has 0 fully saturated rings. The summed E-state index contributed by atoms with van der Waals surface area (Å²) >= 11 is 3.51. The molecule has 3 rings (SSSR count). The minimum absolute atomic E-state index is 0.0736. The number of carbonyl (C=O) groups is 1. The molecule has 2 N–H and O–H groups in total. The average Bonchev–Trinajstić information content (AvgIpc) is 2.95. The number of hydrogen-bond donors (Lipinski definition) is 1. The first kappa shape index (κ1) is 23.0. The Labute approximate surface area is 188 Å². The molecule has 30 heavy (non-hydrogen) atoms. The van der Waals surface area contributed by atoms with Crippen LogP contribution in [-0.4, -0.2) is 27.1 Å². The molecule has 0 unspecified atom stereocenters. The zero-order valence-electron chi connectivity index (χ0n) is 18.3. The number of nitrogens with zero attached hydrogens (tertiary/aromatic N) is 1. The number of amides is 1. The van der Waals surface area contributed by atoms with E-state index in [-0.39, 0.29) is 23.7 Å². The van der Waals surface area contributed by atoms with Crippen LogP contribution in [0.2, 0.25) is 18.1 Å². The normalized spacial score (nSPS) is 19.0. The van der Waals surface area contributed by atoms with E-state index in [2.05, 4.69) is 49.8 Å². The number of fused-ring (bicyclic) bond motifs is 1. The lowest BCUT2D eigenvalue weighted by atomic mass is 10.1. The molecule has 1 heterocycles. The molecule has 0 spiro atoms. The van der Waals surface area contributed by atoms with Crippen LogP contribution in [0.15, 0.2) is 53.0 Å². The van der Waals surface area contributed by atoms with Crippen LogP contribution in [-0.2, 0) is 15.8 Å². The quantitative estimate of drug-likeness (QED) is 0.522. The highest BCUT2D eigenvalue weighted by Crippen LogP contribution is 2.42. The fourth-order valence-corrected chi connectivity index (χ4v) is 4.63. The Morgan fingerprint density at radius 1 is 1.17 bits per heavy atom. The van der Waals surface area contributed by atoms with Crippen LogP contribution >= 0.6 is 15.9 Å². The van der Waals surface area contributed by atoms with Crippen molar-refractivity contribution < 1.29 is 14.0 Å². The van der Waals surface area contributed by atoms with E-state index in [1.165, 1.54) is 0 Å². The van der Waals surface area contributed by atoms with E-state index >= 15 is 0 Å². The van der Waals surface area contributed by atoms with Gasteiger partial charge in [0.15, 0.2) is 8.32 Å². The fourth-order valence-electron chi connectivity index (χ4n) is 3.26. The summed E-state index contributed by atoms with van der Waals surface area (Å²) in [6.07, 6.45) is -0.407. The molecular formula is C23H31BrN2O3Si. The van der Waals surface area contributed by atoms with E-state index in [0.717, 1.165) is 21.3 Å². The molecule has 5 nitrogen and oxygen atoms in total. The van der Waals surface area contributed by atoms with E-state index in [1.807, 2.05) is 48.5 Å². The Morgan fingerprint density at radius 3 is 2.47 bits per heavy atom. The van der Waals surface area contributed by atoms with Crippen molar-refractivity contribution in [3.8, 4) is 0 Å². The maximum atomic E-state index is 13.2. The number of hydrogen-bond acceptors (Lipinski definition) is 4. The summed E-state index contributed by atoms with van der Waals surface area (Å²) in [7, 11) is -2.00. The van der Waals surface area contributed by atoms with E-state index in [1.54, 1.807) is 4.90 Å². The van der Waals surface area contributed by atoms with Crippen LogP contribution in [0, 0.1) is 0 Å². The van der Waals surface area contributed by atoms with Gasteiger partial charge in [0.1, 0.15) is 6.61 Å². The second-order valence-electron chi connectivity index (χ2n) is 9.28. The third kappa shape index (κ3) is 4.80. The molecular weight excluding hydrogens is 460 g/mol. The minimum Gasteiger partial charge on any atom is -0.444 e. The van der Waals surface area contributed by atoms with Gasteiger partial charge in [0.25, 0.3) is 0 Å². The first-order valence-electron chi connectivity index (χ1n) is 10.2. The fraction of sp³-hybridized carbons (Fsp3) is 0.435. The van der Waals surface area contributed by atoms with E-state index in [4.69, 9.17) is 14.9 Å². The molecule has 1 amide bonds. The molecule has 1 aliphatic rings. The third-order valence-electron chi connectivity index (χ3n) is 6.18. The van der Waals surface area contributed by atoms with Crippen molar-refractivity contribution >= 4 is 36.0 Å². The zero-order chi connectivity index (χ0) is 22.1. The van der Waals surface area contributed by atoms with Gasteiger partial charge in [-0.2, -0.15) is 0 Å². The van der Waals surface area contributed by atoms with Gasteiger partial charge in [-0.1, -0.05) is 73.1 Å². The highest BCUT2D eigenvalue weighted by Gasteiger charge is 2.44. The highest BCUT2D eigenvalue weighted by molar-refractivity contribution is 9.10. The van der Waals surface area contributed by atoms with E-state index < -0.39 is 14.4 Å². The Bertz CT molecular complexity index is 899. The van der Waals surface area contributed by atoms with Crippen molar-refractivity contribution in [1.29, 1.82) is 0 Å². The Hall–Kier alpha value is -1.67. The lowest BCUT2D eigenvalue weighted by Gasteiger charge is -2.38. The van der Waals surface area contributed by atoms with Gasteiger partial charge in [0.2, 0.25) is 0 Å². The summed E-state index contributed by atoms with van der Waals surface area (Å²) in [5, 5.41) is 0.0736. The molecule has 2 aromatic carbocycles. The van der Waals surface area contributed by atoms with Crippen LogP contribution in [0.3, 0.4) is 0 Å². The Kier molecular flexibility index (Phi) is 6.77. The second kappa shape index (κ2) is 8.83. The first-order valence-corrected chi connectivity index (χ1v) is 13.9. The number of nitrogens with two attached hydrogens (primary N) is 1. The average molecular weight is 492 g/mol. The number of halogens is 1. The third-order valence-corrected chi connectivity index (χ3v) is 11.2. The van der Waals surface area contributed by atoms with Gasteiger partial charge >= 0.3 is 6.09 Å². The van der Waals surface area contributed by atoms with Crippen molar-refractivity contribution in [3.63, 3.8) is 0 Å². The smallest absolute Gasteiger partial charge is 0.415 e. The van der Waals surface area contributed by atoms with Crippen molar-refractivity contribution in [2.24, 2.45) is 5.73 Å². The Morgan fingerprint density at radius 2 is 1.83 bits per heavy atom. The summed E-state index contributed by atoms with van der Waals surface area (Å²) in [5.41, 5.74) is 9.23. The summed E-state index contributed by atoms with van der Waals surface area (Å²) < 4.78 is 13.0. The van der Waals surface area contributed by atoms with Crippen LogP contribution in [0.1, 0.15) is 37.9 Å². The molecule has 0 saturated carbocycles. The number of rotatable bonds is 5. The molecule has 0 aromatic heterocycles. The zero-order valence-corrected chi connectivity index (χ0v) is 20.9. The van der Waals surface area contributed by atoms with E-state index in [9.17, 15) is 4.79 Å². The van der Waals surface area contributed by atoms with Crippen molar-refractivity contribution in [1.82, 2.24) is 0 Å². The summed E-state index contributed by atoms with van der Waals surface area (Å²) in [6, 6.07) is 14.9. The van der Waals surface area contributed by atoms with Gasteiger partial charge in [0, 0.05) is 4.47 Å². The lowest BCUT2D eigenvalue weighted by Crippen LogP contribution is -2.49. The maximum absolute atomic E-state index is 13.2. The molecule has 2 atom stereocenters. The first-order chi connectivity index (χ1) is 14.0. The topological polar surface area (TPSA) is 64.8 Å². The molecule has 0 saturated heterocycles. The van der Waals surface area contributed by atoms with Gasteiger partial charge in [-0.25, -0.2) is 4.79 Å². The largest absolute Gasteiger partial charge is 0.444 e. The summed E-state index contributed by atoms with van der Waals surface area (Å²) in [6.45, 7) is 11.6. The SMILES string of the molecule is CC(C)(C)[Si](C)(C)OC[C@@H]1[C@@H](N)c2ccc(Br)cc2N1C(=O)OCc1ccccc1. The molecule has 162 valence electrons. The number of ether oxygens (including phenoxy) is 1. The van der Waals surface area contributed by atoms with Crippen molar-refractivity contribution in [3.05, 3.63) is 64.1 Å². The lowest BCUT2D eigenvalue weighted by molar-refractivity contribution is 0.140. The molecule has 0 radical (unpaired) electrons. The van der Waals surface area contributed by atoms with Crippen LogP contribution in [0.25, 0.3) is 0 Å². The maximum Gasteiger partial charge on any atom is 0.415 e. The monoisotopic (exact) mass is 490 g/mol. The predicted molar refractivity (Wildman–Crippen MR) is 127 cm³/mol. The summed E-state index contributed by atoms with van der Waals surface area (Å²) in [4.78, 5) is 14.8. The standard InChI is InChI=1S/C23H31BrN2O3Si/c1-23(2,3)30(4,5)29-15-20-21(25)18-12-11-17(24)13-19(18)26(20)22(27)28-14-16-9-7-6-8-10-16/h6-13,20-21H,14-15,25H2,1-5H3/t20-,21+/m1/s1. The molecule has 2 aromatic rings. The van der Waals surface area contributed by atoms with Gasteiger partial charge in [-0.05, 0) is 41.4 Å². The number of carbonyl (C=O) groups excluding carboxylic acids is 1. The molecule has 0 aliphatic carbocycles. The summed E-state index contributed by atoms with van der Waals surface area (Å²) in [5.74, 6) is 0. The van der Waals surface area contributed by atoms with Gasteiger partial charge in [-0.15, -0.1) is 0 Å². The van der Waals surface area contributed by atoms with Gasteiger partial charge in [-0.3, -0.25) is 4.90 Å². The highest BCUT2D eigenvalue weighted by atomic mass is 79.9. The second-order valence-corrected chi connectivity index (χ2v) is 15.0. The number of anilines is 1. The molecule has 7 heteroatoms. The Balaban J connectivity index is 1.83. The van der Waals surface area contributed by atoms with Crippen LogP contribution in [0.4, 0.5) is 10.5 Å².